The molecule has 19 heavy (non-hydrogen) atoms. The Labute approximate surface area is 123 Å². The van der Waals surface area contributed by atoms with Crippen molar-refractivity contribution in [3.05, 3.63) is 40.4 Å². The number of hydrogen-bond donors (Lipinski definition) is 1. The van der Waals surface area contributed by atoms with E-state index in [-0.39, 0.29) is 27.6 Å². The monoisotopic (exact) mass is 297 g/mol. The minimum Gasteiger partial charge on any atom is -0.326 e. The van der Waals surface area contributed by atoms with E-state index in [9.17, 15) is 4.79 Å². The molecule has 1 aliphatic carbocycles. The fraction of sp³-hybridized carbons (Fsp3) is 0.400. The summed E-state index contributed by atoms with van der Waals surface area (Å²) in [5, 5.41) is 2.98. The van der Waals surface area contributed by atoms with Crippen LogP contribution in [0, 0.1) is 24.2 Å². The number of halogens is 2. The molecule has 0 bridgehead atoms. The summed E-state index contributed by atoms with van der Waals surface area (Å²) in [5.41, 5.74) is 1.81. The molecular weight excluding hydrogens is 281 g/mol. The van der Waals surface area contributed by atoms with Gasteiger partial charge in [0, 0.05) is 5.69 Å². The summed E-state index contributed by atoms with van der Waals surface area (Å²) >= 11 is 11.4. The van der Waals surface area contributed by atoms with Crippen LogP contribution in [0.3, 0.4) is 0 Å². The average Bonchev–Trinajstić information content (AvgIpc) is 2.82. The third kappa shape index (κ3) is 2.96. The standard InChI is InChI=1S/C15H17Cl2NO/c1-9-6-4-5-7-11(9)18-14(19)13-10(8-12(16)17)15(13,2)3/h4-8,10,13H,1-3H3,(H,18,19)/t10-,13+/m0/s1. The number of anilines is 1. The van der Waals surface area contributed by atoms with Gasteiger partial charge in [-0.1, -0.05) is 55.2 Å². The summed E-state index contributed by atoms with van der Waals surface area (Å²) in [6.45, 7) is 6.07. The minimum atomic E-state index is -0.0954. The van der Waals surface area contributed by atoms with Crippen molar-refractivity contribution in [2.45, 2.75) is 20.8 Å². The van der Waals surface area contributed by atoms with Gasteiger partial charge in [-0.25, -0.2) is 0 Å². The summed E-state index contributed by atoms with van der Waals surface area (Å²) < 4.78 is 0.226. The summed E-state index contributed by atoms with van der Waals surface area (Å²) in [7, 11) is 0. The lowest BCUT2D eigenvalue weighted by Crippen LogP contribution is -2.17. The van der Waals surface area contributed by atoms with Gasteiger partial charge in [0.25, 0.3) is 0 Å². The molecule has 1 N–H and O–H groups in total. The molecule has 0 radical (unpaired) electrons. The quantitative estimate of drug-likeness (QED) is 0.873. The van der Waals surface area contributed by atoms with E-state index in [0.717, 1.165) is 11.3 Å². The minimum absolute atomic E-state index is 0.0233. The summed E-state index contributed by atoms with van der Waals surface area (Å²) in [5.74, 6) is 0.0382. The molecule has 0 heterocycles. The molecule has 2 nitrogen and oxygen atoms in total. The van der Waals surface area contributed by atoms with Gasteiger partial charge in [0.1, 0.15) is 4.49 Å². The maximum Gasteiger partial charge on any atom is 0.228 e. The number of hydrogen-bond acceptors (Lipinski definition) is 1. The number of rotatable bonds is 3. The predicted octanol–water partition coefficient (Wildman–Crippen LogP) is 4.52. The van der Waals surface area contributed by atoms with Gasteiger partial charge in [0.2, 0.25) is 5.91 Å². The highest BCUT2D eigenvalue weighted by atomic mass is 35.5. The van der Waals surface area contributed by atoms with Crippen molar-refractivity contribution < 1.29 is 4.79 Å². The Kier molecular flexibility index (Phi) is 3.93. The SMILES string of the molecule is Cc1ccccc1NC(=O)[C@H]1[C@H](C=C(Cl)Cl)C1(C)C. The molecule has 1 aromatic rings. The first kappa shape index (κ1) is 14.4. The van der Waals surface area contributed by atoms with Crippen molar-refractivity contribution in [3.8, 4) is 0 Å². The number of allylic oxidation sites excluding steroid dienone is 1. The molecule has 1 aromatic carbocycles. The summed E-state index contributed by atoms with van der Waals surface area (Å²) in [4.78, 5) is 12.3. The first-order valence-corrected chi connectivity index (χ1v) is 6.99. The van der Waals surface area contributed by atoms with Crippen molar-refractivity contribution in [1.82, 2.24) is 0 Å². The van der Waals surface area contributed by atoms with Crippen LogP contribution in [-0.2, 0) is 4.79 Å². The van der Waals surface area contributed by atoms with Gasteiger partial charge in [-0.2, -0.15) is 0 Å². The topological polar surface area (TPSA) is 29.1 Å². The molecule has 4 heteroatoms. The van der Waals surface area contributed by atoms with Crippen molar-refractivity contribution in [3.63, 3.8) is 0 Å². The number of carbonyl (C=O) groups is 1. The Morgan fingerprint density at radius 2 is 1.95 bits per heavy atom. The van der Waals surface area contributed by atoms with Crippen molar-refractivity contribution >= 4 is 34.8 Å². The average molecular weight is 298 g/mol. The lowest BCUT2D eigenvalue weighted by atomic mass is 10.1. The van der Waals surface area contributed by atoms with E-state index in [0.29, 0.717) is 0 Å². The lowest BCUT2D eigenvalue weighted by Gasteiger charge is -2.08. The molecule has 2 rings (SSSR count). The third-order valence-corrected chi connectivity index (χ3v) is 4.15. The fourth-order valence-electron chi connectivity index (χ4n) is 2.55. The zero-order valence-corrected chi connectivity index (χ0v) is 12.7. The Morgan fingerprint density at radius 1 is 1.32 bits per heavy atom. The smallest absolute Gasteiger partial charge is 0.228 e. The van der Waals surface area contributed by atoms with E-state index >= 15 is 0 Å². The Morgan fingerprint density at radius 3 is 2.53 bits per heavy atom. The zero-order chi connectivity index (χ0) is 14.2. The van der Waals surface area contributed by atoms with Crippen molar-refractivity contribution in [2.75, 3.05) is 5.32 Å². The normalized spacial score (nSPS) is 23.6. The Bertz CT molecular complexity index is 533. The molecule has 102 valence electrons. The van der Waals surface area contributed by atoms with Crippen LogP contribution in [-0.4, -0.2) is 5.91 Å². The first-order valence-electron chi connectivity index (χ1n) is 6.23. The van der Waals surface area contributed by atoms with Gasteiger partial charge in [-0.05, 0) is 36.0 Å². The molecular formula is C15H17Cl2NO. The highest BCUT2D eigenvalue weighted by molar-refractivity contribution is 6.55. The van der Waals surface area contributed by atoms with Gasteiger partial charge in [-0.15, -0.1) is 0 Å². The van der Waals surface area contributed by atoms with Crippen LogP contribution < -0.4 is 5.32 Å². The number of benzene rings is 1. The number of carbonyl (C=O) groups excluding carboxylic acids is 1. The van der Waals surface area contributed by atoms with Crippen LogP contribution in [0.2, 0.25) is 0 Å². The summed E-state index contributed by atoms with van der Waals surface area (Å²) in [6, 6.07) is 7.74. The van der Waals surface area contributed by atoms with Crippen LogP contribution >= 0.6 is 23.2 Å². The molecule has 0 spiro atoms. The number of para-hydroxylation sites is 1. The number of amides is 1. The Hall–Kier alpha value is -0.990. The van der Waals surface area contributed by atoms with Gasteiger partial charge in [0.15, 0.2) is 0 Å². The van der Waals surface area contributed by atoms with E-state index in [4.69, 9.17) is 23.2 Å². The van der Waals surface area contributed by atoms with Crippen molar-refractivity contribution in [2.24, 2.45) is 17.3 Å². The third-order valence-electron chi connectivity index (χ3n) is 3.90. The van der Waals surface area contributed by atoms with Gasteiger partial charge in [0.05, 0.1) is 5.92 Å². The fourth-order valence-corrected chi connectivity index (χ4v) is 2.82. The van der Waals surface area contributed by atoms with Gasteiger partial charge < -0.3 is 5.32 Å². The highest BCUT2D eigenvalue weighted by Gasteiger charge is 2.60. The molecule has 2 atom stereocenters. The maximum atomic E-state index is 12.3. The van der Waals surface area contributed by atoms with Crippen LogP contribution in [0.4, 0.5) is 5.69 Å². The van der Waals surface area contributed by atoms with Gasteiger partial charge in [-0.3, -0.25) is 4.79 Å². The molecule has 1 aliphatic rings. The van der Waals surface area contributed by atoms with E-state index < -0.39 is 0 Å². The van der Waals surface area contributed by atoms with Crippen LogP contribution in [0.15, 0.2) is 34.8 Å². The highest BCUT2D eigenvalue weighted by Crippen LogP contribution is 2.60. The number of nitrogens with one attached hydrogen (secondary N) is 1. The van der Waals surface area contributed by atoms with Crippen LogP contribution in [0.1, 0.15) is 19.4 Å². The largest absolute Gasteiger partial charge is 0.326 e. The summed E-state index contributed by atoms with van der Waals surface area (Å²) in [6.07, 6.45) is 1.76. The molecule has 0 aliphatic heterocycles. The van der Waals surface area contributed by atoms with E-state index in [1.807, 2.05) is 45.0 Å². The maximum absolute atomic E-state index is 12.3. The first-order chi connectivity index (χ1) is 8.84. The van der Waals surface area contributed by atoms with Crippen LogP contribution in [0.25, 0.3) is 0 Å². The molecule has 1 amide bonds. The second-order valence-electron chi connectivity index (χ2n) is 5.59. The molecule has 0 saturated heterocycles. The number of aryl methyl sites for hydroxylation is 1. The lowest BCUT2D eigenvalue weighted by molar-refractivity contribution is -0.118. The van der Waals surface area contributed by atoms with E-state index in [1.165, 1.54) is 0 Å². The van der Waals surface area contributed by atoms with E-state index in [2.05, 4.69) is 5.32 Å². The molecule has 1 fully saturated rings. The Balaban J connectivity index is 2.10. The molecule has 0 unspecified atom stereocenters. The zero-order valence-electron chi connectivity index (χ0n) is 11.2. The molecule has 0 aromatic heterocycles. The van der Waals surface area contributed by atoms with Gasteiger partial charge >= 0.3 is 0 Å². The van der Waals surface area contributed by atoms with Crippen LogP contribution in [0.5, 0.6) is 0 Å². The second-order valence-corrected chi connectivity index (χ2v) is 6.59. The predicted molar refractivity (Wildman–Crippen MR) is 80.4 cm³/mol. The molecule has 1 saturated carbocycles. The van der Waals surface area contributed by atoms with Crippen molar-refractivity contribution in [1.29, 1.82) is 0 Å². The van der Waals surface area contributed by atoms with E-state index in [1.54, 1.807) is 6.08 Å². The second kappa shape index (κ2) is 5.18.